The Labute approximate surface area is 148 Å². The van der Waals surface area contributed by atoms with E-state index in [1.807, 2.05) is 0 Å². The van der Waals surface area contributed by atoms with Crippen LogP contribution in [-0.2, 0) is 9.59 Å². The van der Waals surface area contributed by atoms with Crippen LogP contribution < -0.4 is 20.9 Å². The number of ether oxygens (including phenoxy) is 1. The van der Waals surface area contributed by atoms with Crippen LogP contribution in [0.2, 0.25) is 0 Å². The summed E-state index contributed by atoms with van der Waals surface area (Å²) < 4.78 is 18.3. The normalized spacial score (nSPS) is 15.5. The van der Waals surface area contributed by atoms with E-state index in [1.165, 1.54) is 19.2 Å². The third-order valence-corrected chi connectivity index (χ3v) is 3.74. The van der Waals surface area contributed by atoms with E-state index in [0.717, 1.165) is 11.0 Å². The standard InChI is InChI=1S/C16H19FN4O5/c1-16(2)14(24)21(15(25)18-16)7-6-12(22)19-20-13(23)9-4-5-11(26-3)10(17)8-9/h4-5,8H,6-7H2,1-3H3,(H,18,25)(H,19,22)(H,20,23). The Morgan fingerprint density at radius 3 is 2.50 bits per heavy atom. The molecule has 0 atom stereocenters. The molecule has 2 rings (SSSR count). The number of nitrogens with one attached hydrogen (secondary N) is 3. The Balaban J connectivity index is 1.83. The molecule has 1 fully saturated rings. The van der Waals surface area contributed by atoms with Gasteiger partial charge in [-0.3, -0.25) is 30.1 Å². The number of methoxy groups -OCH3 is 1. The fraction of sp³-hybridized carbons (Fsp3) is 0.375. The number of urea groups is 1. The number of nitrogens with zero attached hydrogens (tertiary/aromatic N) is 1. The predicted octanol–water partition coefficient (Wildman–Crippen LogP) is 0.316. The zero-order chi connectivity index (χ0) is 19.5. The van der Waals surface area contributed by atoms with Crippen LogP contribution in [-0.4, -0.2) is 47.8 Å². The molecule has 9 nitrogen and oxygen atoms in total. The van der Waals surface area contributed by atoms with Crippen LogP contribution in [0.5, 0.6) is 5.75 Å². The number of amides is 5. The second-order valence-corrected chi connectivity index (χ2v) is 6.11. The number of carbonyl (C=O) groups is 4. The molecule has 0 radical (unpaired) electrons. The number of rotatable bonds is 5. The van der Waals surface area contributed by atoms with E-state index in [2.05, 4.69) is 16.2 Å². The van der Waals surface area contributed by atoms with Crippen molar-refractivity contribution in [2.75, 3.05) is 13.7 Å². The summed E-state index contributed by atoms with van der Waals surface area (Å²) in [5.41, 5.74) is 3.24. The maximum Gasteiger partial charge on any atom is 0.325 e. The minimum atomic E-state index is -1.01. The van der Waals surface area contributed by atoms with Crippen molar-refractivity contribution >= 4 is 23.8 Å². The lowest BCUT2D eigenvalue weighted by molar-refractivity contribution is -0.130. The Bertz CT molecular complexity index is 765. The van der Waals surface area contributed by atoms with E-state index in [9.17, 15) is 23.6 Å². The highest BCUT2D eigenvalue weighted by molar-refractivity contribution is 6.06. The SMILES string of the molecule is COc1ccc(C(=O)NNC(=O)CCN2C(=O)NC(C)(C)C2=O)cc1F. The number of carbonyl (C=O) groups excluding carboxylic acids is 4. The van der Waals surface area contributed by atoms with Crippen LogP contribution in [0.3, 0.4) is 0 Å². The zero-order valence-corrected chi connectivity index (χ0v) is 14.5. The summed E-state index contributed by atoms with van der Waals surface area (Å²) in [6.07, 6.45) is -0.202. The molecule has 0 aliphatic carbocycles. The highest BCUT2D eigenvalue weighted by Crippen LogP contribution is 2.18. The Morgan fingerprint density at radius 1 is 1.27 bits per heavy atom. The lowest BCUT2D eigenvalue weighted by Gasteiger charge is -2.15. The first-order valence-electron chi connectivity index (χ1n) is 7.72. The predicted molar refractivity (Wildman–Crippen MR) is 87.5 cm³/mol. The van der Waals surface area contributed by atoms with Crippen molar-refractivity contribution in [3.8, 4) is 5.75 Å². The third-order valence-electron chi connectivity index (χ3n) is 3.74. The van der Waals surface area contributed by atoms with Gasteiger partial charge in [-0.25, -0.2) is 9.18 Å². The smallest absolute Gasteiger partial charge is 0.325 e. The van der Waals surface area contributed by atoms with Crippen molar-refractivity contribution in [1.82, 2.24) is 21.1 Å². The number of halogens is 1. The summed E-state index contributed by atoms with van der Waals surface area (Å²) in [6.45, 7) is 2.98. The van der Waals surface area contributed by atoms with Gasteiger partial charge in [0.2, 0.25) is 5.91 Å². The van der Waals surface area contributed by atoms with Gasteiger partial charge in [-0.15, -0.1) is 0 Å². The summed E-state index contributed by atoms with van der Waals surface area (Å²) in [5.74, 6) is -2.50. The molecule has 1 aromatic carbocycles. The van der Waals surface area contributed by atoms with Gasteiger partial charge in [0.1, 0.15) is 5.54 Å². The van der Waals surface area contributed by atoms with Crippen molar-refractivity contribution in [1.29, 1.82) is 0 Å². The van der Waals surface area contributed by atoms with Crippen molar-refractivity contribution in [3.05, 3.63) is 29.6 Å². The van der Waals surface area contributed by atoms with Gasteiger partial charge in [0.15, 0.2) is 11.6 Å². The summed E-state index contributed by atoms with van der Waals surface area (Å²) in [4.78, 5) is 48.3. The van der Waals surface area contributed by atoms with Crippen molar-refractivity contribution < 1.29 is 28.3 Å². The molecule has 0 spiro atoms. The van der Waals surface area contributed by atoms with Gasteiger partial charge in [-0.05, 0) is 32.0 Å². The minimum Gasteiger partial charge on any atom is -0.494 e. The minimum absolute atomic E-state index is 0.0120. The summed E-state index contributed by atoms with van der Waals surface area (Å²) in [7, 11) is 1.30. The Morgan fingerprint density at radius 2 is 1.96 bits per heavy atom. The van der Waals surface area contributed by atoms with Crippen molar-refractivity contribution in [2.24, 2.45) is 0 Å². The molecule has 140 valence electrons. The fourth-order valence-electron chi connectivity index (χ4n) is 2.30. The summed E-state index contributed by atoms with van der Waals surface area (Å²) in [5, 5.41) is 2.49. The first-order chi connectivity index (χ1) is 12.2. The van der Waals surface area contributed by atoms with Crippen LogP contribution in [0, 0.1) is 5.82 Å². The molecular formula is C16H19FN4O5. The van der Waals surface area contributed by atoms with Crippen LogP contribution in [0.15, 0.2) is 18.2 Å². The van der Waals surface area contributed by atoms with E-state index in [4.69, 9.17) is 4.74 Å². The molecule has 1 aliphatic heterocycles. The quantitative estimate of drug-likeness (QED) is 0.512. The largest absolute Gasteiger partial charge is 0.494 e. The van der Waals surface area contributed by atoms with Crippen molar-refractivity contribution in [2.45, 2.75) is 25.8 Å². The average molecular weight is 366 g/mol. The van der Waals surface area contributed by atoms with E-state index < -0.39 is 35.1 Å². The van der Waals surface area contributed by atoms with Crippen molar-refractivity contribution in [3.63, 3.8) is 0 Å². The molecule has 5 amide bonds. The maximum absolute atomic E-state index is 13.6. The lowest BCUT2D eigenvalue weighted by atomic mass is 10.1. The number of benzene rings is 1. The summed E-state index contributed by atoms with van der Waals surface area (Å²) >= 11 is 0. The Kier molecular flexibility index (Phi) is 5.44. The van der Waals surface area contributed by atoms with Crippen LogP contribution in [0.1, 0.15) is 30.6 Å². The molecule has 1 aromatic rings. The molecule has 0 aromatic heterocycles. The number of hydrogen-bond donors (Lipinski definition) is 3. The molecule has 1 aliphatic rings. The second-order valence-electron chi connectivity index (χ2n) is 6.11. The van der Waals surface area contributed by atoms with Gasteiger partial charge in [0.05, 0.1) is 7.11 Å². The van der Waals surface area contributed by atoms with E-state index in [-0.39, 0.29) is 24.3 Å². The van der Waals surface area contributed by atoms with Gasteiger partial charge in [-0.1, -0.05) is 0 Å². The van der Waals surface area contributed by atoms with E-state index in [1.54, 1.807) is 13.8 Å². The molecule has 1 saturated heterocycles. The van der Waals surface area contributed by atoms with Gasteiger partial charge in [0, 0.05) is 18.5 Å². The molecule has 3 N–H and O–H groups in total. The average Bonchev–Trinajstić information content (AvgIpc) is 2.78. The van der Waals surface area contributed by atoms with E-state index in [0.29, 0.717) is 0 Å². The zero-order valence-electron chi connectivity index (χ0n) is 14.5. The van der Waals surface area contributed by atoms with Gasteiger partial charge < -0.3 is 10.1 Å². The van der Waals surface area contributed by atoms with Crippen LogP contribution in [0.25, 0.3) is 0 Å². The first kappa shape index (κ1) is 19.2. The Hall–Kier alpha value is -3.17. The fourth-order valence-corrected chi connectivity index (χ4v) is 2.30. The monoisotopic (exact) mass is 366 g/mol. The molecule has 10 heteroatoms. The highest BCUT2D eigenvalue weighted by Gasteiger charge is 2.43. The molecule has 0 bridgehead atoms. The highest BCUT2D eigenvalue weighted by atomic mass is 19.1. The molecule has 26 heavy (non-hydrogen) atoms. The maximum atomic E-state index is 13.6. The number of hydrazine groups is 1. The van der Waals surface area contributed by atoms with E-state index >= 15 is 0 Å². The molecule has 0 saturated carbocycles. The third kappa shape index (κ3) is 4.08. The molecule has 0 unspecified atom stereocenters. The second kappa shape index (κ2) is 7.38. The first-order valence-corrected chi connectivity index (χ1v) is 7.72. The molecule has 1 heterocycles. The molecular weight excluding hydrogens is 347 g/mol. The van der Waals surface area contributed by atoms with Gasteiger partial charge in [0.25, 0.3) is 11.8 Å². The van der Waals surface area contributed by atoms with Crippen LogP contribution >= 0.6 is 0 Å². The lowest BCUT2D eigenvalue weighted by Crippen LogP contribution is -2.44. The number of hydrogen-bond acceptors (Lipinski definition) is 5. The number of imide groups is 1. The van der Waals surface area contributed by atoms with Gasteiger partial charge >= 0.3 is 6.03 Å². The topological polar surface area (TPSA) is 117 Å². The van der Waals surface area contributed by atoms with Crippen LogP contribution in [0.4, 0.5) is 9.18 Å². The summed E-state index contributed by atoms with van der Waals surface area (Å²) in [6, 6.07) is 3.00. The van der Waals surface area contributed by atoms with Gasteiger partial charge in [-0.2, -0.15) is 0 Å².